The minimum absolute atomic E-state index is 0.316. The number of carbonyl (C=O) groups excluding carboxylic acids is 1. The number of para-hydroxylation sites is 1. The van der Waals surface area contributed by atoms with E-state index in [1.54, 1.807) is 31.5 Å². The normalized spacial score (nSPS) is 11.0. The summed E-state index contributed by atoms with van der Waals surface area (Å²) in [6.07, 6.45) is 1.65. The number of nitrogens with zero attached hydrogens (tertiary/aromatic N) is 1. The fourth-order valence-electron chi connectivity index (χ4n) is 2.54. The van der Waals surface area contributed by atoms with Gasteiger partial charge in [-0.3, -0.25) is 4.79 Å². The van der Waals surface area contributed by atoms with Crippen LogP contribution >= 0.6 is 0 Å². The van der Waals surface area contributed by atoms with Gasteiger partial charge in [-0.15, -0.1) is 0 Å². The molecule has 2 aromatic rings. The van der Waals surface area contributed by atoms with Crippen molar-refractivity contribution in [3.05, 3.63) is 58.7 Å². The minimum Gasteiger partial charge on any atom is -0.496 e. The number of benzene rings is 2. The van der Waals surface area contributed by atoms with Gasteiger partial charge in [0.05, 0.1) is 26.0 Å². The van der Waals surface area contributed by atoms with E-state index in [-0.39, 0.29) is 5.91 Å². The smallest absolute Gasteiger partial charge is 0.275 e. The largest absolute Gasteiger partial charge is 0.496 e. The number of hydrogen-bond acceptors (Lipinski definition) is 4. The second-order valence-electron chi connectivity index (χ2n) is 6.00. The topological polar surface area (TPSA) is 59.9 Å². The van der Waals surface area contributed by atoms with Crippen molar-refractivity contribution in [3.8, 4) is 11.5 Å². The summed E-state index contributed by atoms with van der Waals surface area (Å²) < 4.78 is 10.6. The number of aryl methyl sites for hydroxylation is 1. The zero-order chi connectivity index (χ0) is 18.4. The Morgan fingerprint density at radius 1 is 1.12 bits per heavy atom. The third kappa shape index (κ3) is 4.38. The van der Waals surface area contributed by atoms with Gasteiger partial charge in [-0.25, -0.2) is 5.43 Å². The number of hydrogen-bond donors (Lipinski definition) is 1. The molecular formula is C20H24N2O3. The third-order valence-corrected chi connectivity index (χ3v) is 3.96. The van der Waals surface area contributed by atoms with Crippen LogP contribution in [-0.4, -0.2) is 26.3 Å². The van der Waals surface area contributed by atoms with Crippen LogP contribution in [0.4, 0.5) is 0 Å². The van der Waals surface area contributed by atoms with Crippen LogP contribution in [0.15, 0.2) is 41.5 Å². The zero-order valence-corrected chi connectivity index (χ0v) is 15.3. The lowest BCUT2D eigenvalue weighted by atomic mass is 9.97. The van der Waals surface area contributed by atoms with Crippen LogP contribution in [0.2, 0.25) is 0 Å². The van der Waals surface area contributed by atoms with Crippen molar-refractivity contribution in [1.82, 2.24) is 5.43 Å². The molecule has 0 unspecified atom stereocenters. The maximum Gasteiger partial charge on any atom is 0.275 e. The second-order valence-corrected chi connectivity index (χ2v) is 6.00. The highest BCUT2D eigenvalue weighted by Gasteiger charge is 2.12. The molecule has 1 N–H and O–H groups in total. The van der Waals surface area contributed by atoms with Gasteiger partial charge in [-0.1, -0.05) is 26.0 Å². The standard InChI is InChI=1S/C20H24N2O3/c1-13(2)17-11-15(14(3)10-19(17)25-5)12-21-22-20(23)16-8-6-7-9-18(16)24-4/h6-13H,1-5H3,(H,22,23)/b21-12-. The molecule has 0 saturated heterocycles. The molecule has 0 fully saturated rings. The summed E-state index contributed by atoms with van der Waals surface area (Å²) in [6.45, 7) is 6.20. The molecule has 0 radical (unpaired) electrons. The molecule has 2 rings (SSSR count). The fourth-order valence-corrected chi connectivity index (χ4v) is 2.54. The van der Waals surface area contributed by atoms with Gasteiger partial charge in [-0.2, -0.15) is 5.10 Å². The second kappa shape index (κ2) is 8.33. The summed E-state index contributed by atoms with van der Waals surface area (Å²) in [5.41, 5.74) is 6.05. The SMILES string of the molecule is COc1ccccc1C(=O)N/N=C\c1cc(C(C)C)c(OC)cc1C. The Kier molecular flexibility index (Phi) is 6.17. The van der Waals surface area contributed by atoms with Crippen LogP contribution < -0.4 is 14.9 Å². The van der Waals surface area contributed by atoms with E-state index in [0.29, 0.717) is 17.2 Å². The average molecular weight is 340 g/mol. The Balaban J connectivity index is 2.19. The van der Waals surface area contributed by atoms with Crippen LogP contribution in [-0.2, 0) is 0 Å². The molecule has 0 aliphatic rings. The number of amides is 1. The van der Waals surface area contributed by atoms with E-state index in [0.717, 1.165) is 22.4 Å². The van der Waals surface area contributed by atoms with Crippen molar-refractivity contribution in [2.45, 2.75) is 26.7 Å². The number of ether oxygens (including phenoxy) is 2. The molecule has 0 saturated carbocycles. The van der Waals surface area contributed by atoms with Crippen molar-refractivity contribution in [3.63, 3.8) is 0 Å². The van der Waals surface area contributed by atoms with Crippen molar-refractivity contribution in [1.29, 1.82) is 0 Å². The number of nitrogens with one attached hydrogen (secondary N) is 1. The van der Waals surface area contributed by atoms with Gasteiger partial charge in [-0.05, 0) is 53.8 Å². The number of hydrazone groups is 1. The van der Waals surface area contributed by atoms with Crippen molar-refractivity contribution in [2.75, 3.05) is 14.2 Å². The number of rotatable bonds is 6. The molecule has 0 atom stereocenters. The lowest BCUT2D eigenvalue weighted by Crippen LogP contribution is -2.18. The predicted octanol–water partition coefficient (Wildman–Crippen LogP) is 3.90. The molecule has 0 aromatic heterocycles. The lowest BCUT2D eigenvalue weighted by Gasteiger charge is -2.14. The van der Waals surface area contributed by atoms with Crippen LogP contribution in [0, 0.1) is 6.92 Å². The highest BCUT2D eigenvalue weighted by Crippen LogP contribution is 2.29. The summed E-state index contributed by atoms with van der Waals surface area (Å²) >= 11 is 0. The summed E-state index contributed by atoms with van der Waals surface area (Å²) in [5, 5.41) is 4.09. The lowest BCUT2D eigenvalue weighted by molar-refractivity contribution is 0.0952. The molecule has 2 aromatic carbocycles. The van der Waals surface area contributed by atoms with E-state index in [9.17, 15) is 4.79 Å². The molecule has 5 heteroatoms. The van der Waals surface area contributed by atoms with Crippen LogP contribution in [0.5, 0.6) is 11.5 Å². The summed E-state index contributed by atoms with van der Waals surface area (Å²) in [7, 11) is 3.20. The van der Waals surface area contributed by atoms with Gasteiger partial charge in [0.1, 0.15) is 11.5 Å². The Labute approximate surface area is 148 Å². The van der Waals surface area contributed by atoms with Crippen molar-refractivity contribution in [2.24, 2.45) is 5.10 Å². The number of methoxy groups -OCH3 is 2. The van der Waals surface area contributed by atoms with Crippen molar-refractivity contribution >= 4 is 12.1 Å². The van der Waals surface area contributed by atoms with Gasteiger partial charge >= 0.3 is 0 Å². The molecule has 5 nitrogen and oxygen atoms in total. The fraction of sp³-hybridized carbons (Fsp3) is 0.300. The van der Waals surface area contributed by atoms with E-state index in [1.807, 2.05) is 25.1 Å². The molecular weight excluding hydrogens is 316 g/mol. The monoisotopic (exact) mass is 340 g/mol. The zero-order valence-electron chi connectivity index (χ0n) is 15.3. The summed E-state index contributed by atoms with van der Waals surface area (Å²) in [5.74, 6) is 1.38. The first-order valence-corrected chi connectivity index (χ1v) is 8.12. The average Bonchev–Trinajstić information content (AvgIpc) is 2.62. The maximum atomic E-state index is 12.3. The van der Waals surface area contributed by atoms with Gasteiger partial charge in [0.15, 0.2) is 0 Å². The Morgan fingerprint density at radius 2 is 1.80 bits per heavy atom. The molecule has 25 heavy (non-hydrogen) atoms. The van der Waals surface area contributed by atoms with E-state index < -0.39 is 0 Å². The van der Waals surface area contributed by atoms with E-state index in [4.69, 9.17) is 9.47 Å². The molecule has 132 valence electrons. The molecule has 1 amide bonds. The predicted molar refractivity (Wildman–Crippen MR) is 99.9 cm³/mol. The first-order valence-electron chi connectivity index (χ1n) is 8.12. The molecule has 0 aliphatic carbocycles. The third-order valence-electron chi connectivity index (χ3n) is 3.96. The van der Waals surface area contributed by atoms with Gasteiger partial charge < -0.3 is 9.47 Å². The first-order chi connectivity index (χ1) is 12.0. The highest BCUT2D eigenvalue weighted by molar-refractivity contribution is 5.97. The first kappa shape index (κ1) is 18.5. The molecule has 0 spiro atoms. The molecule has 0 aliphatic heterocycles. The maximum absolute atomic E-state index is 12.3. The minimum atomic E-state index is -0.316. The Hall–Kier alpha value is -2.82. The number of carbonyl (C=O) groups is 1. The van der Waals surface area contributed by atoms with E-state index in [1.165, 1.54) is 7.11 Å². The highest BCUT2D eigenvalue weighted by atomic mass is 16.5. The molecule has 0 heterocycles. The van der Waals surface area contributed by atoms with E-state index in [2.05, 4.69) is 24.4 Å². The quantitative estimate of drug-likeness (QED) is 0.641. The van der Waals surface area contributed by atoms with Crippen LogP contribution in [0.25, 0.3) is 0 Å². The van der Waals surface area contributed by atoms with Gasteiger partial charge in [0, 0.05) is 0 Å². The summed E-state index contributed by atoms with van der Waals surface area (Å²) in [4.78, 5) is 12.3. The van der Waals surface area contributed by atoms with Crippen molar-refractivity contribution < 1.29 is 14.3 Å². The van der Waals surface area contributed by atoms with Gasteiger partial charge in [0.25, 0.3) is 5.91 Å². The van der Waals surface area contributed by atoms with Gasteiger partial charge in [0.2, 0.25) is 0 Å². The molecule has 0 bridgehead atoms. The van der Waals surface area contributed by atoms with Crippen LogP contribution in [0.3, 0.4) is 0 Å². The Morgan fingerprint density at radius 3 is 2.44 bits per heavy atom. The van der Waals surface area contributed by atoms with E-state index >= 15 is 0 Å². The Bertz CT molecular complexity index is 783. The van der Waals surface area contributed by atoms with Crippen LogP contribution in [0.1, 0.15) is 46.8 Å². The summed E-state index contributed by atoms with van der Waals surface area (Å²) in [6, 6.07) is 11.0.